The molecule has 2 aromatic carbocycles. The average Bonchev–Trinajstić information content (AvgIpc) is 2.73. The fourth-order valence-electron chi connectivity index (χ4n) is 3.04. The first kappa shape index (κ1) is 19.7. The minimum Gasteiger partial charge on any atom is -0.492 e. The molecular formula is C21H25N3O4. The number of amides is 2. The molecule has 2 amide bonds. The standard InChI is InChI=1S/C21H25N3O4/c25-20(26)18-8-6-17(7-9-18)16-22-21(27)24-12-10-23(11-13-24)14-15-28-19-4-2-1-3-5-19/h1-9H,10-16H2,(H,22,27)(H,25,26). The first-order valence-corrected chi connectivity index (χ1v) is 9.37. The number of hydrogen-bond acceptors (Lipinski definition) is 4. The van der Waals surface area contributed by atoms with E-state index in [0.717, 1.165) is 30.9 Å². The van der Waals surface area contributed by atoms with E-state index in [-0.39, 0.29) is 11.6 Å². The van der Waals surface area contributed by atoms with Crippen LogP contribution >= 0.6 is 0 Å². The summed E-state index contributed by atoms with van der Waals surface area (Å²) in [6.07, 6.45) is 0. The van der Waals surface area contributed by atoms with E-state index in [1.54, 1.807) is 29.2 Å². The van der Waals surface area contributed by atoms with E-state index in [4.69, 9.17) is 9.84 Å². The number of nitrogens with zero attached hydrogens (tertiary/aromatic N) is 2. The molecule has 7 nitrogen and oxygen atoms in total. The number of urea groups is 1. The van der Waals surface area contributed by atoms with Crippen LogP contribution < -0.4 is 10.1 Å². The first-order valence-electron chi connectivity index (χ1n) is 9.37. The van der Waals surface area contributed by atoms with E-state index in [0.29, 0.717) is 26.2 Å². The number of piperazine rings is 1. The highest BCUT2D eigenvalue weighted by molar-refractivity contribution is 5.87. The highest BCUT2D eigenvalue weighted by Crippen LogP contribution is 2.09. The molecule has 0 atom stereocenters. The number of para-hydroxylation sites is 1. The third-order valence-electron chi connectivity index (χ3n) is 4.72. The van der Waals surface area contributed by atoms with Gasteiger partial charge in [-0.1, -0.05) is 30.3 Å². The number of carboxylic acid groups (broad SMARTS) is 1. The quantitative estimate of drug-likeness (QED) is 0.767. The smallest absolute Gasteiger partial charge is 0.335 e. The topological polar surface area (TPSA) is 82.1 Å². The second-order valence-electron chi connectivity index (χ2n) is 6.65. The van der Waals surface area contributed by atoms with Crippen molar-refractivity contribution in [2.75, 3.05) is 39.3 Å². The number of rotatable bonds is 7. The summed E-state index contributed by atoms with van der Waals surface area (Å²) in [4.78, 5) is 27.3. The van der Waals surface area contributed by atoms with Crippen LogP contribution in [0.2, 0.25) is 0 Å². The van der Waals surface area contributed by atoms with Crippen LogP contribution in [0.15, 0.2) is 54.6 Å². The number of benzene rings is 2. The lowest BCUT2D eigenvalue weighted by atomic mass is 10.1. The summed E-state index contributed by atoms with van der Waals surface area (Å²) in [6.45, 7) is 4.83. The summed E-state index contributed by atoms with van der Waals surface area (Å²) in [7, 11) is 0. The molecule has 1 aliphatic heterocycles. The normalized spacial score (nSPS) is 14.5. The summed E-state index contributed by atoms with van der Waals surface area (Å²) >= 11 is 0. The zero-order valence-electron chi connectivity index (χ0n) is 15.7. The van der Waals surface area contributed by atoms with Crippen molar-refractivity contribution in [1.82, 2.24) is 15.1 Å². The predicted octanol–water partition coefficient (Wildman–Crippen LogP) is 2.29. The summed E-state index contributed by atoms with van der Waals surface area (Å²) < 4.78 is 5.72. The minimum absolute atomic E-state index is 0.0949. The zero-order valence-corrected chi connectivity index (χ0v) is 15.7. The van der Waals surface area contributed by atoms with Crippen molar-refractivity contribution in [3.8, 4) is 5.75 Å². The van der Waals surface area contributed by atoms with Crippen LogP contribution in [0.5, 0.6) is 5.75 Å². The summed E-state index contributed by atoms with van der Waals surface area (Å²) in [5, 5.41) is 11.8. The van der Waals surface area contributed by atoms with Gasteiger partial charge in [0.25, 0.3) is 0 Å². The molecule has 1 heterocycles. The molecule has 0 spiro atoms. The highest BCUT2D eigenvalue weighted by atomic mass is 16.5. The van der Waals surface area contributed by atoms with Crippen LogP contribution in [0.3, 0.4) is 0 Å². The van der Waals surface area contributed by atoms with Crippen molar-refractivity contribution in [2.24, 2.45) is 0 Å². The van der Waals surface area contributed by atoms with Gasteiger partial charge in [-0.25, -0.2) is 9.59 Å². The monoisotopic (exact) mass is 383 g/mol. The molecule has 2 aromatic rings. The predicted molar refractivity (Wildman–Crippen MR) is 106 cm³/mol. The molecule has 7 heteroatoms. The number of carbonyl (C=O) groups excluding carboxylic acids is 1. The largest absolute Gasteiger partial charge is 0.492 e. The maximum Gasteiger partial charge on any atom is 0.335 e. The Kier molecular flexibility index (Phi) is 6.86. The lowest BCUT2D eigenvalue weighted by Crippen LogP contribution is -2.52. The van der Waals surface area contributed by atoms with Crippen LogP contribution in [-0.4, -0.2) is 66.2 Å². The molecule has 0 unspecified atom stereocenters. The van der Waals surface area contributed by atoms with E-state index in [9.17, 15) is 9.59 Å². The number of nitrogens with one attached hydrogen (secondary N) is 1. The Bertz CT molecular complexity index is 772. The molecule has 1 aliphatic rings. The van der Waals surface area contributed by atoms with Gasteiger partial charge in [-0.2, -0.15) is 0 Å². The van der Waals surface area contributed by atoms with Gasteiger partial charge in [-0.05, 0) is 29.8 Å². The Morgan fingerprint density at radius 2 is 1.64 bits per heavy atom. The Morgan fingerprint density at radius 1 is 0.964 bits per heavy atom. The SMILES string of the molecule is O=C(O)c1ccc(CNC(=O)N2CCN(CCOc3ccccc3)CC2)cc1. The van der Waals surface area contributed by atoms with Crippen molar-refractivity contribution in [1.29, 1.82) is 0 Å². The highest BCUT2D eigenvalue weighted by Gasteiger charge is 2.20. The second kappa shape index (κ2) is 9.75. The van der Waals surface area contributed by atoms with Crippen LogP contribution in [0.25, 0.3) is 0 Å². The van der Waals surface area contributed by atoms with Gasteiger partial charge in [-0.3, -0.25) is 4.90 Å². The Balaban J connectivity index is 1.34. The third-order valence-corrected chi connectivity index (χ3v) is 4.72. The Morgan fingerprint density at radius 3 is 2.29 bits per heavy atom. The number of aromatic carboxylic acids is 1. The number of carboxylic acids is 1. The van der Waals surface area contributed by atoms with Gasteiger partial charge >= 0.3 is 12.0 Å². The maximum atomic E-state index is 12.3. The van der Waals surface area contributed by atoms with Crippen molar-refractivity contribution in [2.45, 2.75) is 6.54 Å². The molecular weight excluding hydrogens is 358 g/mol. The Labute approximate surface area is 164 Å². The van der Waals surface area contributed by atoms with E-state index in [2.05, 4.69) is 10.2 Å². The van der Waals surface area contributed by atoms with Crippen LogP contribution in [0.4, 0.5) is 4.79 Å². The van der Waals surface area contributed by atoms with Crippen molar-refractivity contribution in [3.05, 3.63) is 65.7 Å². The third kappa shape index (κ3) is 5.72. The van der Waals surface area contributed by atoms with Crippen molar-refractivity contribution in [3.63, 3.8) is 0 Å². The van der Waals surface area contributed by atoms with E-state index in [1.807, 2.05) is 30.3 Å². The maximum absolute atomic E-state index is 12.3. The molecule has 1 saturated heterocycles. The van der Waals surface area contributed by atoms with Gasteiger partial charge in [0, 0.05) is 39.3 Å². The van der Waals surface area contributed by atoms with Gasteiger partial charge in [0.2, 0.25) is 0 Å². The summed E-state index contributed by atoms with van der Waals surface area (Å²) in [6, 6.07) is 16.2. The molecule has 148 valence electrons. The van der Waals surface area contributed by atoms with E-state index < -0.39 is 5.97 Å². The Hall–Kier alpha value is -3.06. The van der Waals surface area contributed by atoms with Crippen LogP contribution in [0.1, 0.15) is 15.9 Å². The van der Waals surface area contributed by atoms with Gasteiger partial charge in [0.05, 0.1) is 5.56 Å². The molecule has 1 fully saturated rings. The number of ether oxygens (including phenoxy) is 1. The molecule has 28 heavy (non-hydrogen) atoms. The fourth-order valence-corrected chi connectivity index (χ4v) is 3.04. The molecule has 0 aliphatic carbocycles. The van der Waals surface area contributed by atoms with Gasteiger partial charge in [0.15, 0.2) is 0 Å². The van der Waals surface area contributed by atoms with Crippen molar-refractivity contribution >= 4 is 12.0 Å². The average molecular weight is 383 g/mol. The number of hydrogen-bond donors (Lipinski definition) is 2. The molecule has 3 rings (SSSR count). The molecule has 2 N–H and O–H groups in total. The van der Waals surface area contributed by atoms with E-state index >= 15 is 0 Å². The van der Waals surface area contributed by atoms with Gasteiger partial charge in [0.1, 0.15) is 12.4 Å². The lowest BCUT2D eigenvalue weighted by molar-refractivity contribution is 0.0696. The van der Waals surface area contributed by atoms with Gasteiger partial charge < -0.3 is 20.1 Å². The number of carbonyl (C=O) groups is 2. The first-order chi connectivity index (χ1) is 13.6. The lowest BCUT2D eigenvalue weighted by Gasteiger charge is -2.34. The second-order valence-corrected chi connectivity index (χ2v) is 6.65. The molecule has 0 bridgehead atoms. The van der Waals surface area contributed by atoms with Crippen molar-refractivity contribution < 1.29 is 19.4 Å². The minimum atomic E-state index is -0.956. The van der Waals surface area contributed by atoms with Gasteiger partial charge in [-0.15, -0.1) is 0 Å². The molecule has 0 radical (unpaired) electrons. The summed E-state index contributed by atoms with van der Waals surface area (Å²) in [5.74, 6) is -0.0838. The van der Waals surface area contributed by atoms with Crippen LogP contribution in [0, 0.1) is 0 Å². The molecule has 0 aromatic heterocycles. The molecule has 0 saturated carbocycles. The van der Waals surface area contributed by atoms with E-state index in [1.165, 1.54) is 0 Å². The zero-order chi connectivity index (χ0) is 19.8. The van der Waals surface area contributed by atoms with Crippen LogP contribution in [-0.2, 0) is 6.54 Å². The fraction of sp³-hybridized carbons (Fsp3) is 0.333. The summed E-state index contributed by atoms with van der Waals surface area (Å²) in [5.41, 5.74) is 1.11.